The molecule has 1 rings (SSSR count). The highest BCUT2D eigenvalue weighted by Gasteiger charge is 2.24. The lowest BCUT2D eigenvalue weighted by Gasteiger charge is -2.13. The zero-order valence-electron chi connectivity index (χ0n) is 4.18. The van der Waals surface area contributed by atoms with Crippen LogP contribution in [-0.4, -0.2) is 10.7 Å². The van der Waals surface area contributed by atoms with Crippen molar-refractivity contribution in [1.82, 2.24) is 0 Å². The molecule has 1 heterocycles. The van der Waals surface area contributed by atoms with Crippen LogP contribution < -0.4 is 11.5 Å². The third-order valence-corrected chi connectivity index (χ3v) is 2.32. The molecule has 1 fully saturated rings. The molecule has 0 bridgehead atoms. The van der Waals surface area contributed by atoms with Crippen molar-refractivity contribution in [1.29, 1.82) is 0 Å². The summed E-state index contributed by atoms with van der Waals surface area (Å²) in [5, 5.41) is 0. The molecule has 42 valence electrons. The van der Waals surface area contributed by atoms with E-state index >= 15 is 0 Å². The highest BCUT2D eigenvalue weighted by Crippen LogP contribution is 2.27. The van der Waals surface area contributed by atoms with Crippen molar-refractivity contribution in [3.8, 4) is 0 Å². The molecule has 0 radical (unpaired) electrons. The van der Waals surface area contributed by atoms with Gasteiger partial charge in [-0.15, -0.1) is 11.8 Å². The lowest BCUT2D eigenvalue weighted by molar-refractivity contribution is 0.607. The fourth-order valence-electron chi connectivity index (χ4n) is 0.683. The molecule has 0 amide bonds. The van der Waals surface area contributed by atoms with E-state index in [0.29, 0.717) is 0 Å². The van der Waals surface area contributed by atoms with E-state index in [9.17, 15) is 0 Å². The van der Waals surface area contributed by atoms with E-state index in [1.54, 1.807) is 11.8 Å². The van der Waals surface area contributed by atoms with E-state index in [4.69, 9.17) is 11.5 Å². The van der Waals surface area contributed by atoms with Crippen LogP contribution in [-0.2, 0) is 0 Å². The van der Waals surface area contributed by atoms with Gasteiger partial charge >= 0.3 is 0 Å². The van der Waals surface area contributed by atoms with Crippen LogP contribution in [0.5, 0.6) is 0 Å². The molecule has 4 N–H and O–H groups in total. The van der Waals surface area contributed by atoms with E-state index < -0.39 is 0 Å². The van der Waals surface area contributed by atoms with Crippen LogP contribution in [0.4, 0.5) is 0 Å². The SMILES string of the molecule is NC1(N)CCCS1. The molecule has 0 unspecified atom stereocenters. The van der Waals surface area contributed by atoms with E-state index in [1.807, 2.05) is 0 Å². The van der Waals surface area contributed by atoms with Crippen molar-refractivity contribution >= 4 is 11.8 Å². The van der Waals surface area contributed by atoms with E-state index in [1.165, 1.54) is 6.42 Å². The van der Waals surface area contributed by atoms with Crippen molar-refractivity contribution in [2.45, 2.75) is 17.8 Å². The van der Waals surface area contributed by atoms with Crippen LogP contribution in [0.25, 0.3) is 0 Å². The first-order chi connectivity index (χ1) is 3.21. The van der Waals surface area contributed by atoms with Crippen LogP contribution in [0.2, 0.25) is 0 Å². The molecule has 0 aromatic rings. The standard InChI is InChI=1S/C4H10N2S/c5-4(6)2-1-3-7-4/h1-3,5-6H2. The maximum atomic E-state index is 5.52. The second-order valence-corrected chi connectivity index (χ2v) is 3.36. The average Bonchev–Trinajstić information content (AvgIpc) is 1.84. The van der Waals surface area contributed by atoms with Gasteiger partial charge in [-0.3, -0.25) is 0 Å². The second-order valence-electron chi connectivity index (χ2n) is 1.91. The Labute approximate surface area is 47.6 Å². The zero-order valence-corrected chi connectivity index (χ0v) is 5.00. The van der Waals surface area contributed by atoms with Crippen molar-refractivity contribution < 1.29 is 0 Å². The van der Waals surface area contributed by atoms with E-state index in [-0.39, 0.29) is 4.99 Å². The Bertz CT molecular complexity index is 64.1. The largest absolute Gasteiger partial charge is 0.305 e. The second kappa shape index (κ2) is 1.65. The Morgan fingerprint density at radius 1 is 1.43 bits per heavy atom. The van der Waals surface area contributed by atoms with Gasteiger partial charge in [0.1, 0.15) is 4.99 Å². The van der Waals surface area contributed by atoms with Crippen LogP contribution in [0.3, 0.4) is 0 Å². The summed E-state index contributed by atoms with van der Waals surface area (Å²) in [5.41, 5.74) is 11.0. The maximum absolute atomic E-state index is 5.52. The topological polar surface area (TPSA) is 52.0 Å². The first-order valence-corrected chi connectivity index (χ1v) is 3.41. The molecule has 0 aromatic heterocycles. The van der Waals surface area contributed by atoms with Crippen molar-refractivity contribution in [3.63, 3.8) is 0 Å². The van der Waals surface area contributed by atoms with Gasteiger partial charge in [-0.1, -0.05) is 0 Å². The molecule has 7 heavy (non-hydrogen) atoms. The van der Waals surface area contributed by atoms with Gasteiger partial charge in [0, 0.05) is 0 Å². The fourth-order valence-corrected chi connectivity index (χ4v) is 1.64. The number of thioether (sulfide) groups is 1. The Balaban J connectivity index is 2.40. The summed E-state index contributed by atoms with van der Waals surface area (Å²) in [6.45, 7) is 0. The van der Waals surface area contributed by atoms with Gasteiger partial charge in [0.15, 0.2) is 0 Å². The normalized spacial score (nSPS) is 28.3. The lowest BCUT2D eigenvalue weighted by Crippen LogP contribution is -2.42. The summed E-state index contributed by atoms with van der Waals surface area (Å²) in [6, 6.07) is 0. The average molecular weight is 118 g/mol. The molecule has 0 atom stereocenters. The molecule has 0 aliphatic carbocycles. The third-order valence-electron chi connectivity index (χ3n) is 1.08. The van der Waals surface area contributed by atoms with E-state index in [0.717, 1.165) is 12.2 Å². The quantitative estimate of drug-likeness (QED) is 0.443. The van der Waals surface area contributed by atoms with Gasteiger partial charge < -0.3 is 11.5 Å². The highest BCUT2D eigenvalue weighted by atomic mass is 32.2. The molecule has 0 spiro atoms. The van der Waals surface area contributed by atoms with Crippen molar-refractivity contribution in [2.24, 2.45) is 11.5 Å². The van der Waals surface area contributed by atoms with Gasteiger partial charge in [-0.2, -0.15) is 0 Å². The molecule has 1 aliphatic rings. The molecular weight excluding hydrogens is 108 g/mol. The van der Waals surface area contributed by atoms with Crippen LogP contribution in [0.1, 0.15) is 12.8 Å². The Morgan fingerprint density at radius 2 is 2.14 bits per heavy atom. The van der Waals surface area contributed by atoms with Crippen molar-refractivity contribution in [2.75, 3.05) is 5.75 Å². The summed E-state index contributed by atoms with van der Waals surface area (Å²) >= 11 is 1.66. The molecular formula is C4H10N2S. The van der Waals surface area contributed by atoms with Crippen LogP contribution in [0, 0.1) is 0 Å². The highest BCUT2D eigenvalue weighted by molar-refractivity contribution is 8.00. The van der Waals surface area contributed by atoms with Crippen molar-refractivity contribution in [3.05, 3.63) is 0 Å². The van der Waals surface area contributed by atoms with Gasteiger partial charge in [0.05, 0.1) is 0 Å². The van der Waals surface area contributed by atoms with Gasteiger partial charge in [-0.05, 0) is 18.6 Å². The fraction of sp³-hybridized carbons (Fsp3) is 1.00. The van der Waals surface area contributed by atoms with Gasteiger partial charge in [0.25, 0.3) is 0 Å². The monoisotopic (exact) mass is 118 g/mol. The summed E-state index contributed by atoms with van der Waals surface area (Å²) in [5.74, 6) is 1.13. The zero-order chi connectivity index (χ0) is 5.33. The number of rotatable bonds is 0. The molecule has 2 nitrogen and oxygen atoms in total. The summed E-state index contributed by atoms with van der Waals surface area (Å²) in [4.78, 5) is -0.389. The summed E-state index contributed by atoms with van der Waals surface area (Å²) < 4.78 is 0. The predicted molar refractivity (Wildman–Crippen MR) is 32.8 cm³/mol. The lowest BCUT2D eigenvalue weighted by atomic mass is 10.3. The number of hydrogen-bond donors (Lipinski definition) is 2. The minimum atomic E-state index is -0.389. The Kier molecular flexibility index (Phi) is 1.28. The number of nitrogens with two attached hydrogens (primary N) is 2. The third kappa shape index (κ3) is 1.33. The Morgan fingerprint density at radius 3 is 2.29 bits per heavy atom. The molecule has 0 aromatic carbocycles. The minimum absolute atomic E-state index is 0.389. The molecule has 3 heteroatoms. The Hall–Kier alpha value is 0.270. The molecule has 1 aliphatic heterocycles. The minimum Gasteiger partial charge on any atom is -0.305 e. The molecule has 1 saturated heterocycles. The first kappa shape index (κ1) is 5.41. The summed E-state index contributed by atoms with van der Waals surface area (Å²) in [6.07, 6.45) is 2.15. The number of hydrogen-bond acceptors (Lipinski definition) is 3. The molecule has 0 saturated carbocycles. The smallest absolute Gasteiger partial charge is 0.112 e. The maximum Gasteiger partial charge on any atom is 0.112 e. The van der Waals surface area contributed by atoms with Crippen LogP contribution in [0.15, 0.2) is 0 Å². The summed E-state index contributed by atoms with van der Waals surface area (Å²) in [7, 11) is 0. The van der Waals surface area contributed by atoms with Gasteiger partial charge in [0.2, 0.25) is 0 Å². The van der Waals surface area contributed by atoms with Gasteiger partial charge in [-0.25, -0.2) is 0 Å². The van der Waals surface area contributed by atoms with Crippen LogP contribution >= 0.6 is 11.8 Å². The first-order valence-electron chi connectivity index (χ1n) is 2.42. The van der Waals surface area contributed by atoms with E-state index in [2.05, 4.69) is 0 Å². The predicted octanol–water partition coefficient (Wildman–Crippen LogP) is 0.0846.